The molecule has 0 unspecified atom stereocenters. The van der Waals surface area contributed by atoms with E-state index in [0.717, 1.165) is 22.3 Å². The van der Waals surface area contributed by atoms with Crippen molar-refractivity contribution in [3.8, 4) is 0 Å². The maximum atomic E-state index is 12.1. The number of hydrogen-bond donors (Lipinski definition) is 2. The first-order valence-corrected chi connectivity index (χ1v) is 8.59. The highest BCUT2D eigenvalue weighted by molar-refractivity contribution is 5.96. The van der Waals surface area contributed by atoms with Gasteiger partial charge >= 0.3 is 0 Å². The van der Waals surface area contributed by atoms with Crippen molar-refractivity contribution in [3.63, 3.8) is 0 Å². The van der Waals surface area contributed by atoms with Gasteiger partial charge in [0.15, 0.2) is 0 Å². The number of nitrogens with zero attached hydrogens (tertiary/aromatic N) is 4. The number of aromatic nitrogens is 2. The summed E-state index contributed by atoms with van der Waals surface area (Å²) in [6.45, 7) is 0.435. The Morgan fingerprint density at radius 2 is 1.89 bits per heavy atom. The minimum atomic E-state index is -0.0319. The lowest BCUT2D eigenvalue weighted by Gasteiger charge is -2.27. The van der Waals surface area contributed by atoms with Crippen molar-refractivity contribution in [2.45, 2.75) is 0 Å². The van der Waals surface area contributed by atoms with E-state index in [9.17, 15) is 4.79 Å². The number of carbonyl (C=O) groups is 1. The summed E-state index contributed by atoms with van der Waals surface area (Å²) in [5, 5.41) is 0. The Morgan fingerprint density at radius 1 is 1.15 bits per heavy atom. The molecule has 4 rings (SSSR count). The molecule has 7 heteroatoms. The summed E-state index contributed by atoms with van der Waals surface area (Å²) in [6, 6.07) is 15.3. The Hall–Kier alpha value is -3.61. The minimum absolute atomic E-state index is 0.0319. The molecule has 0 bridgehead atoms. The minimum Gasteiger partial charge on any atom is -0.386 e. The van der Waals surface area contributed by atoms with Crippen LogP contribution in [0.5, 0.6) is 0 Å². The van der Waals surface area contributed by atoms with Crippen LogP contribution in [-0.4, -0.2) is 47.3 Å². The second kappa shape index (κ2) is 6.60. The van der Waals surface area contributed by atoms with Crippen LogP contribution in [0.15, 0.2) is 59.7 Å². The van der Waals surface area contributed by atoms with Crippen molar-refractivity contribution in [3.05, 3.63) is 65.9 Å². The fourth-order valence-corrected chi connectivity index (χ4v) is 3.03. The number of H-pyrrole nitrogens is 1. The number of carbonyl (C=O) groups excluding carboxylic acids is 1. The van der Waals surface area contributed by atoms with E-state index in [1.807, 2.05) is 53.4 Å². The molecule has 3 N–H and O–H groups in total. The van der Waals surface area contributed by atoms with Crippen LogP contribution in [0.25, 0.3) is 16.7 Å². The van der Waals surface area contributed by atoms with Crippen LogP contribution >= 0.6 is 0 Å². The first-order chi connectivity index (χ1) is 13.0. The largest absolute Gasteiger partial charge is 0.386 e. The lowest BCUT2D eigenvalue weighted by atomic mass is 10.1. The summed E-state index contributed by atoms with van der Waals surface area (Å²) in [7, 11) is 3.47. The molecule has 1 aliphatic heterocycles. The number of nitrogens with one attached hydrogen (secondary N) is 1. The Labute approximate surface area is 156 Å². The fourth-order valence-electron chi connectivity index (χ4n) is 3.03. The third kappa shape index (κ3) is 3.15. The molecule has 0 atom stereocenters. The molecular weight excluding hydrogens is 340 g/mol. The number of amides is 1. The lowest BCUT2D eigenvalue weighted by Crippen LogP contribution is -2.35. The van der Waals surface area contributed by atoms with Gasteiger partial charge in [-0.25, -0.2) is 9.98 Å². The number of aromatic amines is 1. The van der Waals surface area contributed by atoms with Gasteiger partial charge in [0.2, 0.25) is 5.95 Å². The zero-order chi connectivity index (χ0) is 19.0. The summed E-state index contributed by atoms with van der Waals surface area (Å²) in [6.07, 6.45) is 1.73. The van der Waals surface area contributed by atoms with E-state index >= 15 is 0 Å². The topological polar surface area (TPSA) is 90.6 Å². The van der Waals surface area contributed by atoms with Gasteiger partial charge < -0.3 is 20.5 Å². The first kappa shape index (κ1) is 16.8. The second-order valence-electron chi connectivity index (χ2n) is 6.58. The van der Waals surface area contributed by atoms with Gasteiger partial charge in [0.05, 0.1) is 29.5 Å². The Kier molecular flexibility index (Phi) is 4.12. The van der Waals surface area contributed by atoms with Gasteiger partial charge in [-0.05, 0) is 29.8 Å². The van der Waals surface area contributed by atoms with Gasteiger partial charge in [-0.2, -0.15) is 0 Å². The molecule has 7 nitrogen and oxygen atoms in total. The molecule has 0 fully saturated rings. The Bertz CT molecular complexity index is 1030. The number of aliphatic imine (C=N–C) groups is 1. The van der Waals surface area contributed by atoms with Crippen molar-refractivity contribution in [1.82, 2.24) is 14.9 Å². The number of para-hydroxylation sites is 2. The second-order valence-corrected chi connectivity index (χ2v) is 6.58. The molecule has 0 radical (unpaired) electrons. The maximum Gasteiger partial charge on any atom is 0.253 e. The Morgan fingerprint density at radius 3 is 2.59 bits per heavy atom. The smallest absolute Gasteiger partial charge is 0.253 e. The fraction of sp³-hybridized carbons (Fsp3) is 0.150. The molecule has 0 saturated carbocycles. The highest BCUT2D eigenvalue weighted by atomic mass is 16.2. The van der Waals surface area contributed by atoms with Gasteiger partial charge in [-0.15, -0.1) is 0 Å². The predicted octanol–water partition coefficient (Wildman–Crippen LogP) is 2.44. The zero-order valence-corrected chi connectivity index (χ0v) is 15.2. The van der Waals surface area contributed by atoms with Crippen LogP contribution in [0.1, 0.15) is 15.9 Å². The van der Waals surface area contributed by atoms with Crippen molar-refractivity contribution >= 4 is 34.4 Å². The third-order valence-electron chi connectivity index (χ3n) is 4.43. The van der Waals surface area contributed by atoms with E-state index < -0.39 is 0 Å². The van der Waals surface area contributed by atoms with Gasteiger partial charge in [-0.1, -0.05) is 24.3 Å². The average molecular weight is 360 g/mol. The molecule has 0 spiro atoms. The number of anilines is 1. The molecule has 0 saturated heterocycles. The lowest BCUT2D eigenvalue weighted by molar-refractivity contribution is 0.0827. The monoisotopic (exact) mass is 360 g/mol. The van der Waals surface area contributed by atoms with Gasteiger partial charge in [0.25, 0.3) is 5.91 Å². The van der Waals surface area contributed by atoms with E-state index in [2.05, 4.69) is 15.0 Å². The summed E-state index contributed by atoms with van der Waals surface area (Å²) >= 11 is 0. The zero-order valence-electron chi connectivity index (χ0n) is 15.2. The van der Waals surface area contributed by atoms with E-state index in [-0.39, 0.29) is 5.91 Å². The molecule has 1 amide bonds. The van der Waals surface area contributed by atoms with Crippen LogP contribution in [0.2, 0.25) is 0 Å². The molecule has 3 aromatic rings. The van der Waals surface area contributed by atoms with E-state index in [0.29, 0.717) is 23.9 Å². The van der Waals surface area contributed by atoms with Crippen molar-refractivity contribution < 1.29 is 4.79 Å². The number of amidine groups is 1. The normalized spacial score (nSPS) is 14.1. The summed E-state index contributed by atoms with van der Waals surface area (Å²) < 4.78 is 0. The third-order valence-corrected chi connectivity index (χ3v) is 4.43. The average Bonchev–Trinajstić information content (AvgIpc) is 3.11. The number of nitrogens with two attached hydrogens (primary N) is 1. The van der Waals surface area contributed by atoms with Crippen LogP contribution in [0, 0.1) is 0 Å². The Balaban J connectivity index is 1.71. The van der Waals surface area contributed by atoms with Crippen molar-refractivity contribution in [2.24, 2.45) is 10.7 Å². The SMILES string of the molecule is CN(C)C(=O)c1ccc(C2=CN=C(N)CN2c2nc3ccccc3[nH]2)cc1. The highest BCUT2D eigenvalue weighted by Gasteiger charge is 2.22. The molecule has 27 heavy (non-hydrogen) atoms. The molecule has 1 aromatic heterocycles. The maximum absolute atomic E-state index is 12.1. The summed E-state index contributed by atoms with van der Waals surface area (Å²) in [5.41, 5.74) is 10.3. The molecule has 2 heterocycles. The van der Waals surface area contributed by atoms with Crippen molar-refractivity contribution in [1.29, 1.82) is 0 Å². The van der Waals surface area contributed by atoms with Gasteiger partial charge in [0.1, 0.15) is 5.84 Å². The number of rotatable bonds is 3. The summed E-state index contributed by atoms with van der Waals surface area (Å²) in [4.78, 5) is 27.9. The summed E-state index contributed by atoms with van der Waals surface area (Å²) in [5.74, 6) is 1.18. The van der Waals surface area contributed by atoms with E-state index in [1.165, 1.54) is 0 Å². The van der Waals surface area contributed by atoms with Crippen LogP contribution in [0.3, 0.4) is 0 Å². The molecule has 1 aliphatic rings. The van der Waals surface area contributed by atoms with Gasteiger partial charge in [-0.3, -0.25) is 4.79 Å². The van der Waals surface area contributed by atoms with Crippen LogP contribution < -0.4 is 10.6 Å². The quantitative estimate of drug-likeness (QED) is 0.751. The number of imidazole rings is 1. The predicted molar refractivity (Wildman–Crippen MR) is 107 cm³/mol. The number of fused-ring (bicyclic) bond motifs is 1. The highest BCUT2D eigenvalue weighted by Crippen LogP contribution is 2.28. The number of benzene rings is 2. The van der Waals surface area contributed by atoms with Crippen LogP contribution in [0.4, 0.5) is 5.95 Å². The van der Waals surface area contributed by atoms with Crippen LogP contribution in [-0.2, 0) is 0 Å². The molecule has 136 valence electrons. The van der Waals surface area contributed by atoms with E-state index in [1.54, 1.807) is 25.2 Å². The number of hydrogen-bond acceptors (Lipinski definition) is 5. The van der Waals surface area contributed by atoms with E-state index in [4.69, 9.17) is 5.73 Å². The van der Waals surface area contributed by atoms with Gasteiger partial charge in [0, 0.05) is 19.7 Å². The molecule has 0 aliphatic carbocycles. The molecule has 2 aromatic carbocycles. The first-order valence-electron chi connectivity index (χ1n) is 8.59. The molecular formula is C20H20N6O. The van der Waals surface area contributed by atoms with Crippen molar-refractivity contribution in [2.75, 3.05) is 25.5 Å². The standard InChI is InChI=1S/C20H20N6O/c1-25(2)19(27)14-9-7-13(8-10-14)17-11-22-18(21)12-26(17)20-23-15-5-3-4-6-16(15)24-20/h3-11H,12H2,1-2H3,(H2,21,22)(H,23,24).